The van der Waals surface area contributed by atoms with Gasteiger partial charge in [0.05, 0.1) is 14.1 Å². The van der Waals surface area contributed by atoms with Crippen LogP contribution in [-0.4, -0.2) is 14.1 Å². The lowest BCUT2D eigenvalue weighted by Gasteiger charge is -1.92. The summed E-state index contributed by atoms with van der Waals surface area (Å²) in [5, 5.41) is 0. The Labute approximate surface area is 79.0 Å². The van der Waals surface area contributed by atoms with Gasteiger partial charge in [-0.15, -0.1) is 0 Å². The quantitative estimate of drug-likeness (QED) is 0.514. The van der Waals surface area contributed by atoms with E-state index in [1.54, 1.807) is 29.6 Å². The highest BCUT2D eigenvalue weighted by Gasteiger charge is 2.16. The van der Waals surface area contributed by atoms with Crippen LogP contribution in [0.4, 0.5) is 0 Å². The molecular weight excluding hydrogens is 184 g/mol. The molecule has 0 aliphatic heterocycles. The average molecular weight is 195 g/mol. The number of nitrogens with one attached hydrogen (secondary N) is 1. The lowest BCUT2D eigenvalue weighted by molar-refractivity contribution is -0.647. The molecule has 0 aromatic carbocycles. The van der Waals surface area contributed by atoms with Gasteiger partial charge in [-0.3, -0.25) is 9.36 Å². The van der Waals surface area contributed by atoms with Crippen molar-refractivity contribution in [2.75, 3.05) is 0 Å². The Morgan fingerprint density at radius 2 is 2.00 bits per heavy atom. The number of aromatic amines is 1. The second kappa shape index (κ2) is 2.57. The molecule has 0 unspecified atom stereocenters. The number of hydrogen-bond acceptors (Lipinski definition) is 2. The van der Waals surface area contributed by atoms with E-state index in [9.17, 15) is 9.59 Å². The van der Waals surface area contributed by atoms with Crippen molar-refractivity contribution in [3.8, 4) is 0 Å². The van der Waals surface area contributed by atoms with Crippen LogP contribution in [0.3, 0.4) is 0 Å². The molecule has 0 radical (unpaired) electrons. The predicted molar refractivity (Wildman–Crippen MR) is 50.0 cm³/mol. The van der Waals surface area contributed by atoms with Crippen LogP contribution in [0.2, 0.25) is 0 Å². The molecule has 0 bridgehead atoms. The first-order valence-corrected chi connectivity index (χ1v) is 4.16. The minimum atomic E-state index is -0.399. The summed E-state index contributed by atoms with van der Waals surface area (Å²) in [6, 6.07) is 0. The third-order valence-corrected chi connectivity index (χ3v) is 2.31. The third kappa shape index (κ3) is 0.935. The summed E-state index contributed by atoms with van der Waals surface area (Å²) in [5.74, 6) is 0. The number of H-pyrrole nitrogens is 1. The Morgan fingerprint density at radius 1 is 1.36 bits per heavy atom. The first kappa shape index (κ1) is 8.74. The normalized spacial score (nSPS) is 11.1. The largest absolute Gasteiger partial charge is 0.386 e. The maximum atomic E-state index is 11.7. The first-order chi connectivity index (χ1) is 6.52. The highest BCUT2D eigenvalue weighted by molar-refractivity contribution is 5.65. The molecule has 2 rings (SSSR count). The van der Waals surface area contributed by atoms with Gasteiger partial charge < -0.3 is 0 Å². The van der Waals surface area contributed by atoms with Crippen molar-refractivity contribution in [1.29, 1.82) is 0 Å². The van der Waals surface area contributed by atoms with E-state index in [0.29, 0.717) is 11.2 Å². The fraction of sp³-hybridized carbons (Fsp3) is 0.375. The van der Waals surface area contributed by atoms with Crippen LogP contribution in [0, 0.1) is 0 Å². The van der Waals surface area contributed by atoms with E-state index < -0.39 is 5.69 Å². The molecule has 0 spiro atoms. The van der Waals surface area contributed by atoms with Crippen molar-refractivity contribution in [2.24, 2.45) is 21.1 Å². The van der Waals surface area contributed by atoms with E-state index in [2.05, 4.69) is 4.98 Å². The van der Waals surface area contributed by atoms with E-state index in [1.807, 2.05) is 0 Å². The highest BCUT2D eigenvalue weighted by Crippen LogP contribution is 1.96. The average Bonchev–Trinajstić information content (AvgIpc) is 2.38. The van der Waals surface area contributed by atoms with Gasteiger partial charge in [-0.05, 0) is 0 Å². The molecule has 0 aliphatic carbocycles. The van der Waals surface area contributed by atoms with Crippen LogP contribution < -0.4 is 15.8 Å². The summed E-state index contributed by atoms with van der Waals surface area (Å²) >= 11 is 0. The van der Waals surface area contributed by atoms with Crippen LogP contribution in [0.15, 0.2) is 15.9 Å². The Balaban J connectivity index is 3.18. The van der Waals surface area contributed by atoms with Crippen molar-refractivity contribution >= 4 is 11.2 Å². The molecule has 2 heterocycles. The van der Waals surface area contributed by atoms with Crippen LogP contribution in [-0.2, 0) is 21.1 Å². The second-order valence-corrected chi connectivity index (χ2v) is 3.33. The summed E-state index contributed by atoms with van der Waals surface area (Å²) in [6.07, 6.45) is 1.74. The van der Waals surface area contributed by atoms with Crippen LogP contribution in [0.5, 0.6) is 0 Å². The van der Waals surface area contributed by atoms with Gasteiger partial charge in [0.2, 0.25) is 5.52 Å². The molecule has 0 saturated carbocycles. The van der Waals surface area contributed by atoms with Gasteiger partial charge in [0.25, 0.3) is 5.65 Å². The molecule has 1 N–H and O–H groups in total. The number of rotatable bonds is 0. The Kier molecular flexibility index (Phi) is 1.60. The molecule has 6 heteroatoms. The minimum absolute atomic E-state index is 0.285. The number of aromatic nitrogens is 4. The van der Waals surface area contributed by atoms with Gasteiger partial charge in [-0.1, -0.05) is 0 Å². The van der Waals surface area contributed by atoms with E-state index in [-0.39, 0.29) is 5.56 Å². The number of aryl methyl sites for hydroxylation is 2. The standard InChI is InChI=1S/C8H10N4O2/c1-10-4-11(2)6-5(10)7(13)12(3)8(14)9-6/h4H,1-3H3/p+1. The fourth-order valence-electron chi connectivity index (χ4n) is 1.55. The molecule has 6 nitrogen and oxygen atoms in total. The highest BCUT2D eigenvalue weighted by atomic mass is 16.2. The summed E-state index contributed by atoms with van der Waals surface area (Å²) in [4.78, 5) is 25.6. The van der Waals surface area contributed by atoms with Crippen molar-refractivity contribution in [1.82, 2.24) is 14.1 Å². The molecular formula is C8H11N4O2+. The Morgan fingerprint density at radius 3 is 2.64 bits per heavy atom. The van der Waals surface area contributed by atoms with Gasteiger partial charge in [-0.2, -0.15) is 0 Å². The molecule has 0 amide bonds. The predicted octanol–water partition coefficient (Wildman–Crippen LogP) is -1.61. The monoisotopic (exact) mass is 195 g/mol. The maximum Gasteiger partial charge on any atom is 0.386 e. The Bertz CT molecular complexity index is 617. The molecule has 0 saturated heterocycles. The van der Waals surface area contributed by atoms with Gasteiger partial charge in [-0.25, -0.2) is 18.9 Å². The van der Waals surface area contributed by atoms with Gasteiger partial charge in [0.15, 0.2) is 6.33 Å². The maximum absolute atomic E-state index is 11.7. The SMILES string of the molecule is Cn1c(=O)[nH]c2c(c1=O)n(C)c[n+]2C. The molecule has 0 atom stereocenters. The van der Waals surface area contributed by atoms with Crippen molar-refractivity contribution in [2.45, 2.75) is 0 Å². The van der Waals surface area contributed by atoms with E-state index in [0.717, 1.165) is 4.57 Å². The number of imidazole rings is 1. The molecule has 2 aromatic heterocycles. The minimum Gasteiger partial charge on any atom is -0.265 e. The zero-order chi connectivity index (χ0) is 10.5. The van der Waals surface area contributed by atoms with Crippen molar-refractivity contribution in [3.63, 3.8) is 0 Å². The van der Waals surface area contributed by atoms with Crippen molar-refractivity contribution < 1.29 is 4.57 Å². The van der Waals surface area contributed by atoms with Crippen LogP contribution in [0.25, 0.3) is 11.2 Å². The van der Waals surface area contributed by atoms with Gasteiger partial charge in [0.1, 0.15) is 0 Å². The summed E-state index contributed by atoms with van der Waals surface area (Å²) in [5.41, 5.74) is 0.353. The molecule has 0 fully saturated rings. The second-order valence-electron chi connectivity index (χ2n) is 3.33. The third-order valence-electron chi connectivity index (χ3n) is 2.31. The van der Waals surface area contributed by atoms with Crippen LogP contribution in [0.1, 0.15) is 0 Å². The summed E-state index contributed by atoms with van der Waals surface area (Å²) < 4.78 is 4.45. The van der Waals surface area contributed by atoms with E-state index >= 15 is 0 Å². The molecule has 14 heavy (non-hydrogen) atoms. The van der Waals surface area contributed by atoms with Gasteiger partial charge in [0, 0.05) is 7.05 Å². The number of nitrogens with zero attached hydrogens (tertiary/aromatic N) is 3. The fourth-order valence-corrected chi connectivity index (χ4v) is 1.55. The zero-order valence-corrected chi connectivity index (χ0v) is 8.24. The van der Waals surface area contributed by atoms with Gasteiger partial charge >= 0.3 is 11.2 Å². The summed E-state index contributed by atoms with van der Waals surface area (Å²) in [7, 11) is 4.99. The lowest BCUT2D eigenvalue weighted by Crippen LogP contribution is -2.36. The first-order valence-electron chi connectivity index (χ1n) is 4.16. The molecule has 2 aromatic rings. The lowest BCUT2D eigenvalue weighted by atomic mass is 10.5. The van der Waals surface area contributed by atoms with E-state index in [1.165, 1.54) is 7.05 Å². The summed E-state index contributed by atoms with van der Waals surface area (Å²) in [6.45, 7) is 0. The van der Waals surface area contributed by atoms with E-state index in [4.69, 9.17) is 0 Å². The molecule has 74 valence electrons. The number of fused-ring (bicyclic) bond motifs is 1. The van der Waals surface area contributed by atoms with Crippen molar-refractivity contribution in [3.05, 3.63) is 27.2 Å². The molecule has 0 aliphatic rings. The topological polar surface area (TPSA) is 63.7 Å². The zero-order valence-electron chi connectivity index (χ0n) is 8.24. The smallest absolute Gasteiger partial charge is 0.265 e. The number of hydrogen-bond donors (Lipinski definition) is 1. The van der Waals surface area contributed by atoms with Crippen LogP contribution >= 0.6 is 0 Å². The Hall–Kier alpha value is -1.85.